The number of likely N-dealkylation sites (N-methyl/N-ethyl adjacent to an activating group) is 1. The molecule has 2 heterocycles. The van der Waals surface area contributed by atoms with E-state index in [1.165, 1.54) is 31.4 Å². The summed E-state index contributed by atoms with van der Waals surface area (Å²) in [5.41, 5.74) is 0.786. The van der Waals surface area contributed by atoms with Crippen LogP contribution >= 0.6 is 0 Å². The molecule has 2 bridgehead atoms. The van der Waals surface area contributed by atoms with E-state index in [0.717, 1.165) is 43.4 Å². The highest BCUT2D eigenvalue weighted by molar-refractivity contribution is 5.92. The maximum Gasteiger partial charge on any atom is 0.246 e. The molecule has 4 N–H and O–H groups in total. The van der Waals surface area contributed by atoms with Crippen molar-refractivity contribution in [3.63, 3.8) is 0 Å². The second kappa shape index (κ2) is 12.1. The monoisotopic (exact) mass is 502 g/mol. The summed E-state index contributed by atoms with van der Waals surface area (Å²) in [6.07, 6.45) is 3.91. The summed E-state index contributed by atoms with van der Waals surface area (Å²) < 4.78 is 6.42. The van der Waals surface area contributed by atoms with Crippen LogP contribution in [0.3, 0.4) is 0 Å². The van der Waals surface area contributed by atoms with E-state index < -0.39 is 23.6 Å². The summed E-state index contributed by atoms with van der Waals surface area (Å²) in [7, 11) is 1.53. The Bertz CT molecular complexity index is 945. The SMILES string of the molecule is CCC(C)C1NCC2CCc3cccc(c3O2)CCCNC(=O)CNC(=O)C(C(C)(C)O)N(C)C1=O. The molecule has 0 saturated heterocycles. The van der Waals surface area contributed by atoms with Gasteiger partial charge in [0.05, 0.1) is 18.2 Å². The van der Waals surface area contributed by atoms with Gasteiger partial charge in [-0.2, -0.15) is 0 Å². The van der Waals surface area contributed by atoms with E-state index in [2.05, 4.69) is 28.1 Å². The molecule has 0 radical (unpaired) electrons. The number of aryl methyl sites for hydroxylation is 2. The minimum atomic E-state index is -1.52. The Labute approximate surface area is 214 Å². The second-order valence-corrected chi connectivity index (χ2v) is 10.6. The van der Waals surface area contributed by atoms with Crippen LogP contribution < -0.4 is 20.7 Å². The molecule has 0 spiro atoms. The van der Waals surface area contributed by atoms with E-state index in [1.54, 1.807) is 0 Å². The fraction of sp³-hybridized carbons (Fsp3) is 0.667. The van der Waals surface area contributed by atoms with Crippen molar-refractivity contribution in [2.45, 2.75) is 83.6 Å². The molecule has 0 fully saturated rings. The zero-order valence-electron chi connectivity index (χ0n) is 22.2. The van der Waals surface area contributed by atoms with Gasteiger partial charge in [0, 0.05) is 20.1 Å². The third kappa shape index (κ3) is 6.76. The number of aliphatic hydroxyl groups is 1. The highest BCUT2D eigenvalue weighted by Crippen LogP contribution is 2.32. The van der Waals surface area contributed by atoms with Crippen LogP contribution in [0.25, 0.3) is 0 Å². The number of carbonyl (C=O) groups is 3. The lowest BCUT2D eigenvalue weighted by Gasteiger charge is -2.39. The minimum Gasteiger partial charge on any atom is -0.489 e. The van der Waals surface area contributed by atoms with Crippen molar-refractivity contribution >= 4 is 17.7 Å². The molecule has 200 valence electrons. The minimum absolute atomic E-state index is 0.00622. The largest absolute Gasteiger partial charge is 0.489 e. The predicted molar refractivity (Wildman–Crippen MR) is 138 cm³/mol. The van der Waals surface area contributed by atoms with Gasteiger partial charge < -0.3 is 30.7 Å². The van der Waals surface area contributed by atoms with Crippen molar-refractivity contribution in [2.75, 3.05) is 26.7 Å². The molecule has 0 saturated carbocycles. The Balaban J connectivity index is 1.90. The van der Waals surface area contributed by atoms with Gasteiger partial charge in [-0.05, 0) is 56.6 Å². The molecule has 3 rings (SSSR count). The van der Waals surface area contributed by atoms with Gasteiger partial charge in [-0.15, -0.1) is 0 Å². The first kappa shape index (κ1) is 27.9. The summed E-state index contributed by atoms with van der Waals surface area (Å²) in [6, 6.07) is 4.48. The lowest BCUT2D eigenvalue weighted by molar-refractivity contribution is -0.150. The zero-order valence-corrected chi connectivity index (χ0v) is 22.2. The molecule has 0 aromatic heterocycles. The Morgan fingerprint density at radius 3 is 2.53 bits per heavy atom. The maximum atomic E-state index is 13.7. The summed E-state index contributed by atoms with van der Waals surface area (Å²) in [6.45, 7) is 7.72. The van der Waals surface area contributed by atoms with Crippen molar-refractivity contribution in [3.8, 4) is 5.75 Å². The second-order valence-electron chi connectivity index (χ2n) is 10.6. The Morgan fingerprint density at radius 2 is 1.86 bits per heavy atom. The summed E-state index contributed by atoms with van der Waals surface area (Å²) >= 11 is 0. The highest BCUT2D eigenvalue weighted by atomic mass is 16.5. The maximum absolute atomic E-state index is 13.7. The van der Waals surface area contributed by atoms with Crippen molar-refractivity contribution in [3.05, 3.63) is 29.3 Å². The topological polar surface area (TPSA) is 120 Å². The fourth-order valence-electron chi connectivity index (χ4n) is 5.05. The van der Waals surface area contributed by atoms with Gasteiger partial charge in [0.25, 0.3) is 0 Å². The van der Waals surface area contributed by atoms with Crippen LogP contribution in [0.1, 0.15) is 58.1 Å². The fourth-order valence-corrected chi connectivity index (χ4v) is 5.05. The number of ether oxygens (including phenoxy) is 1. The van der Waals surface area contributed by atoms with Crippen molar-refractivity contribution in [2.24, 2.45) is 5.92 Å². The van der Waals surface area contributed by atoms with E-state index in [4.69, 9.17) is 4.74 Å². The number of nitrogens with zero attached hydrogens (tertiary/aromatic N) is 1. The summed E-state index contributed by atoms with van der Waals surface area (Å²) in [5.74, 6) is -0.267. The number of hydrogen-bond donors (Lipinski definition) is 4. The highest BCUT2D eigenvalue weighted by Gasteiger charge is 2.41. The van der Waals surface area contributed by atoms with Crippen LogP contribution in [-0.2, 0) is 27.2 Å². The molecule has 1 aromatic rings. The van der Waals surface area contributed by atoms with Crippen molar-refractivity contribution < 1.29 is 24.2 Å². The van der Waals surface area contributed by atoms with Gasteiger partial charge >= 0.3 is 0 Å². The number of carbonyl (C=O) groups excluding carboxylic acids is 3. The average molecular weight is 503 g/mol. The number of rotatable bonds is 3. The summed E-state index contributed by atoms with van der Waals surface area (Å²) in [5, 5.41) is 19.6. The number of amides is 3. The van der Waals surface area contributed by atoms with Gasteiger partial charge in [-0.3, -0.25) is 14.4 Å². The molecule has 4 atom stereocenters. The summed E-state index contributed by atoms with van der Waals surface area (Å²) in [4.78, 5) is 40.4. The molecule has 3 amide bonds. The van der Waals surface area contributed by atoms with Gasteiger partial charge in [0.1, 0.15) is 17.9 Å². The van der Waals surface area contributed by atoms with Crippen LogP contribution in [0, 0.1) is 5.92 Å². The van der Waals surface area contributed by atoms with E-state index in [0.29, 0.717) is 13.1 Å². The Hall–Kier alpha value is -2.65. The predicted octanol–water partition coefficient (Wildman–Crippen LogP) is 1.16. The molecular formula is C27H42N4O5. The zero-order chi connectivity index (χ0) is 26.5. The van der Waals surface area contributed by atoms with Crippen LogP contribution in [-0.4, -0.2) is 78.2 Å². The number of fused-ring (bicyclic) bond motifs is 1. The molecule has 36 heavy (non-hydrogen) atoms. The van der Waals surface area contributed by atoms with Crippen molar-refractivity contribution in [1.82, 2.24) is 20.9 Å². The number of para-hydroxylation sites is 1. The first-order valence-corrected chi connectivity index (χ1v) is 13.1. The molecule has 2 aliphatic heterocycles. The molecule has 4 unspecified atom stereocenters. The van der Waals surface area contributed by atoms with Gasteiger partial charge in [0.15, 0.2) is 0 Å². The number of hydrogen-bond acceptors (Lipinski definition) is 6. The molecule has 9 nitrogen and oxygen atoms in total. The van der Waals surface area contributed by atoms with Gasteiger partial charge in [-0.1, -0.05) is 38.5 Å². The molecule has 0 aliphatic carbocycles. The van der Waals surface area contributed by atoms with Crippen LogP contribution in [0.4, 0.5) is 0 Å². The molecule has 2 aliphatic rings. The van der Waals surface area contributed by atoms with E-state index >= 15 is 0 Å². The van der Waals surface area contributed by atoms with Crippen LogP contribution in [0.2, 0.25) is 0 Å². The number of benzene rings is 1. The third-order valence-corrected chi connectivity index (χ3v) is 7.26. The third-order valence-electron chi connectivity index (χ3n) is 7.26. The number of nitrogens with one attached hydrogen (secondary N) is 3. The molecular weight excluding hydrogens is 460 g/mol. The normalized spacial score (nSPS) is 25.7. The Kier molecular flexibility index (Phi) is 9.35. The van der Waals surface area contributed by atoms with E-state index in [1.807, 2.05) is 19.9 Å². The quantitative estimate of drug-likeness (QED) is 0.493. The lowest BCUT2D eigenvalue weighted by Crippen LogP contribution is -2.62. The lowest BCUT2D eigenvalue weighted by atomic mass is 9.92. The average Bonchev–Trinajstić information content (AvgIpc) is 2.83. The Morgan fingerprint density at radius 1 is 1.17 bits per heavy atom. The standard InChI is InChI=1S/C27H42N4O5/c1-6-17(2)22-26(34)31(5)24(27(3,4)35)25(33)30-16-21(32)28-14-8-11-18-9-7-10-19-12-13-20(15-29-22)36-23(18)19/h7,9-10,17,20,22,24,29,35H,6,8,11-16H2,1-5H3,(H,28,32)(H,30,33). The van der Waals surface area contributed by atoms with Crippen LogP contribution in [0.5, 0.6) is 5.75 Å². The van der Waals surface area contributed by atoms with Crippen molar-refractivity contribution in [1.29, 1.82) is 0 Å². The molecule has 9 heteroatoms. The first-order valence-electron chi connectivity index (χ1n) is 13.1. The smallest absolute Gasteiger partial charge is 0.246 e. The van der Waals surface area contributed by atoms with E-state index in [9.17, 15) is 19.5 Å². The van der Waals surface area contributed by atoms with Gasteiger partial charge in [0.2, 0.25) is 17.7 Å². The van der Waals surface area contributed by atoms with Gasteiger partial charge in [-0.25, -0.2) is 0 Å². The van der Waals surface area contributed by atoms with E-state index in [-0.39, 0.29) is 30.4 Å². The molecule has 1 aromatic carbocycles. The van der Waals surface area contributed by atoms with Crippen LogP contribution in [0.15, 0.2) is 18.2 Å². The first-order chi connectivity index (χ1) is 17.0.